The third-order valence-electron chi connectivity index (χ3n) is 4.28. The zero-order valence-electron chi connectivity index (χ0n) is 12.7. The molecule has 2 aromatic rings. The first-order valence-electron chi connectivity index (χ1n) is 7.70. The molecule has 0 atom stereocenters. The second-order valence-corrected chi connectivity index (χ2v) is 5.78. The van der Waals surface area contributed by atoms with Crippen molar-refractivity contribution in [1.82, 2.24) is 19.9 Å². The lowest BCUT2D eigenvalue weighted by atomic mass is 10.2. The molecule has 2 aliphatic rings. The first-order chi connectivity index (χ1) is 11.6. The molecule has 124 valence electrons. The maximum Gasteiger partial charge on any atom is 0.334 e. The molecule has 24 heavy (non-hydrogen) atoms. The van der Waals surface area contributed by atoms with Crippen LogP contribution in [0.25, 0.3) is 11.6 Å². The van der Waals surface area contributed by atoms with E-state index in [1.54, 1.807) is 12.1 Å². The minimum atomic E-state index is -0.857. The SMILES string of the molecule is O=C1C(=O)N(C2CCCC2)C(=O)N1Cc1nc(-c2ccco2)no1. The molecule has 0 N–H and O–H groups in total. The van der Waals surface area contributed by atoms with Crippen LogP contribution in [0, 0.1) is 0 Å². The van der Waals surface area contributed by atoms with Crippen LogP contribution in [0.3, 0.4) is 0 Å². The Morgan fingerprint density at radius 3 is 2.67 bits per heavy atom. The molecule has 0 unspecified atom stereocenters. The third-order valence-corrected chi connectivity index (χ3v) is 4.28. The number of rotatable bonds is 4. The average Bonchev–Trinajstić information content (AvgIpc) is 3.33. The molecule has 1 saturated carbocycles. The standard InChI is InChI=1S/C15H14N4O5/c20-13-14(21)19(9-4-1-2-5-9)15(22)18(13)8-11-16-12(17-24-11)10-6-3-7-23-10/h3,6-7,9H,1-2,4-5,8H2. The smallest absolute Gasteiger partial charge is 0.334 e. The molecular formula is C15H14N4O5. The molecule has 9 nitrogen and oxygen atoms in total. The minimum absolute atomic E-state index is 0.0594. The van der Waals surface area contributed by atoms with Gasteiger partial charge in [-0.3, -0.25) is 14.5 Å². The molecule has 2 aromatic heterocycles. The van der Waals surface area contributed by atoms with Gasteiger partial charge in [0, 0.05) is 6.04 Å². The summed E-state index contributed by atoms with van der Waals surface area (Å²) in [6.45, 7) is -0.236. The molecule has 4 rings (SSSR count). The fourth-order valence-corrected chi connectivity index (χ4v) is 3.11. The van der Waals surface area contributed by atoms with E-state index in [-0.39, 0.29) is 24.3 Å². The van der Waals surface area contributed by atoms with Crippen molar-refractivity contribution in [2.45, 2.75) is 38.3 Å². The van der Waals surface area contributed by atoms with Crippen molar-refractivity contribution in [3.05, 3.63) is 24.3 Å². The molecule has 9 heteroatoms. The van der Waals surface area contributed by atoms with E-state index < -0.39 is 17.8 Å². The van der Waals surface area contributed by atoms with E-state index in [0.717, 1.165) is 35.5 Å². The van der Waals surface area contributed by atoms with Gasteiger partial charge in [0.05, 0.1) is 6.26 Å². The largest absolute Gasteiger partial charge is 0.461 e. The maximum atomic E-state index is 12.5. The average molecular weight is 330 g/mol. The van der Waals surface area contributed by atoms with Gasteiger partial charge in [-0.2, -0.15) is 4.98 Å². The molecule has 4 amide bonds. The van der Waals surface area contributed by atoms with Gasteiger partial charge >= 0.3 is 17.8 Å². The summed E-state index contributed by atoms with van der Waals surface area (Å²) in [5, 5.41) is 3.74. The number of carbonyl (C=O) groups excluding carboxylic acids is 3. The fraction of sp³-hybridized carbons (Fsp3) is 0.400. The number of urea groups is 1. The van der Waals surface area contributed by atoms with E-state index in [4.69, 9.17) is 8.94 Å². The molecule has 2 fully saturated rings. The van der Waals surface area contributed by atoms with Crippen molar-refractivity contribution in [2.75, 3.05) is 0 Å². The van der Waals surface area contributed by atoms with Crippen LogP contribution in [0.4, 0.5) is 4.79 Å². The van der Waals surface area contributed by atoms with Crippen molar-refractivity contribution in [3.8, 4) is 11.6 Å². The summed E-state index contributed by atoms with van der Waals surface area (Å²) >= 11 is 0. The topological polar surface area (TPSA) is 110 Å². The summed E-state index contributed by atoms with van der Waals surface area (Å²) in [6, 6.07) is 2.53. The van der Waals surface area contributed by atoms with Crippen LogP contribution in [-0.4, -0.2) is 43.8 Å². The second-order valence-electron chi connectivity index (χ2n) is 5.78. The van der Waals surface area contributed by atoms with Crippen LogP contribution < -0.4 is 0 Å². The molecule has 0 spiro atoms. The number of furan rings is 1. The first kappa shape index (κ1) is 14.6. The normalized spacial score (nSPS) is 19.1. The van der Waals surface area contributed by atoms with Crippen LogP contribution in [0.1, 0.15) is 31.6 Å². The van der Waals surface area contributed by atoms with E-state index in [1.807, 2.05) is 0 Å². The highest BCUT2D eigenvalue weighted by Gasteiger charge is 2.48. The highest BCUT2D eigenvalue weighted by Crippen LogP contribution is 2.28. The Morgan fingerprint density at radius 2 is 1.96 bits per heavy atom. The second kappa shape index (κ2) is 5.59. The summed E-state index contributed by atoms with van der Waals surface area (Å²) in [5.41, 5.74) is 0. The van der Waals surface area contributed by atoms with Crippen molar-refractivity contribution in [2.24, 2.45) is 0 Å². The molecule has 0 aromatic carbocycles. The Bertz CT molecular complexity index is 791. The maximum absolute atomic E-state index is 12.5. The van der Waals surface area contributed by atoms with Gasteiger partial charge < -0.3 is 8.94 Å². The monoisotopic (exact) mass is 330 g/mol. The van der Waals surface area contributed by atoms with Gasteiger partial charge in [-0.25, -0.2) is 9.69 Å². The zero-order valence-corrected chi connectivity index (χ0v) is 12.7. The van der Waals surface area contributed by atoms with Gasteiger partial charge in [0.1, 0.15) is 6.54 Å². The highest BCUT2D eigenvalue weighted by atomic mass is 16.5. The molecule has 0 bridgehead atoms. The lowest BCUT2D eigenvalue weighted by Crippen LogP contribution is -2.39. The number of hydrogen-bond acceptors (Lipinski definition) is 7. The van der Waals surface area contributed by atoms with Gasteiger partial charge in [0.2, 0.25) is 11.7 Å². The van der Waals surface area contributed by atoms with Crippen molar-refractivity contribution < 1.29 is 23.3 Å². The Kier molecular flexibility index (Phi) is 3.40. The number of carbonyl (C=O) groups is 3. The summed E-state index contributed by atoms with van der Waals surface area (Å²) in [4.78, 5) is 42.7. The van der Waals surface area contributed by atoms with Crippen LogP contribution in [0.5, 0.6) is 0 Å². The van der Waals surface area contributed by atoms with Crippen LogP contribution >= 0.6 is 0 Å². The summed E-state index contributed by atoms with van der Waals surface area (Å²) < 4.78 is 10.2. The molecule has 0 radical (unpaired) electrons. The van der Waals surface area contributed by atoms with Gasteiger partial charge in [-0.05, 0) is 25.0 Å². The van der Waals surface area contributed by atoms with Crippen LogP contribution in [-0.2, 0) is 16.1 Å². The quantitative estimate of drug-likeness (QED) is 0.618. The Balaban J connectivity index is 1.53. The van der Waals surface area contributed by atoms with Gasteiger partial charge in [0.15, 0.2) is 5.76 Å². The summed E-state index contributed by atoms with van der Waals surface area (Å²) in [7, 11) is 0. The van der Waals surface area contributed by atoms with Gasteiger partial charge in [0.25, 0.3) is 0 Å². The highest BCUT2D eigenvalue weighted by molar-refractivity contribution is 6.44. The number of nitrogens with zero attached hydrogens (tertiary/aromatic N) is 4. The fourth-order valence-electron chi connectivity index (χ4n) is 3.11. The van der Waals surface area contributed by atoms with Crippen molar-refractivity contribution >= 4 is 17.8 Å². The number of aromatic nitrogens is 2. The van der Waals surface area contributed by atoms with E-state index in [1.165, 1.54) is 6.26 Å². The zero-order chi connectivity index (χ0) is 16.7. The third kappa shape index (κ3) is 2.29. The summed E-state index contributed by atoms with van der Waals surface area (Å²) in [5.74, 6) is -0.952. The Hall–Kier alpha value is -2.97. The van der Waals surface area contributed by atoms with Crippen molar-refractivity contribution in [1.29, 1.82) is 0 Å². The van der Waals surface area contributed by atoms with Crippen LogP contribution in [0.2, 0.25) is 0 Å². The van der Waals surface area contributed by atoms with Gasteiger partial charge in [-0.15, -0.1) is 0 Å². The first-order valence-corrected chi connectivity index (χ1v) is 7.70. The molecule has 1 aliphatic heterocycles. The molecule has 3 heterocycles. The predicted octanol–water partition coefficient (Wildman–Crippen LogP) is 1.56. The van der Waals surface area contributed by atoms with E-state index in [0.29, 0.717) is 5.76 Å². The van der Waals surface area contributed by atoms with Crippen LogP contribution in [0.15, 0.2) is 27.3 Å². The van der Waals surface area contributed by atoms with E-state index in [9.17, 15) is 14.4 Å². The molecular weight excluding hydrogens is 316 g/mol. The predicted molar refractivity (Wildman–Crippen MR) is 77.0 cm³/mol. The molecule has 1 saturated heterocycles. The van der Waals surface area contributed by atoms with E-state index >= 15 is 0 Å². The Morgan fingerprint density at radius 1 is 1.17 bits per heavy atom. The number of imide groups is 2. The Labute approximate surface area is 136 Å². The number of hydrogen-bond donors (Lipinski definition) is 0. The lowest BCUT2D eigenvalue weighted by Gasteiger charge is -2.20. The summed E-state index contributed by atoms with van der Waals surface area (Å²) in [6.07, 6.45) is 4.85. The lowest BCUT2D eigenvalue weighted by molar-refractivity contribution is -0.144. The minimum Gasteiger partial charge on any atom is -0.461 e. The molecule has 1 aliphatic carbocycles. The van der Waals surface area contributed by atoms with E-state index in [2.05, 4.69) is 10.1 Å². The van der Waals surface area contributed by atoms with Crippen molar-refractivity contribution in [3.63, 3.8) is 0 Å². The van der Waals surface area contributed by atoms with Gasteiger partial charge in [-0.1, -0.05) is 18.0 Å². The number of amides is 4.